The van der Waals surface area contributed by atoms with Gasteiger partial charge in [0, 0.05) is 31.6 Å². The Morgan fingerprint density at radius 3 is 2.59 bits per heavy atom. The highest BCUT2D eigenvalue weighted by Gasteiger charge is 2.41. The lowest BCUT2D eigenvalue weighted by atomic mass is 9.83. The van der Waals surface area contributed by atoms with E-state index in [1.807, 2.05) is 6.07 Å². The van der Waals surface area contributed by atoms with Crippen molar-refractivity contribution in [2.45, 2.75) is 50.1 Å². The second kappa shape index (κ2) is 7.08. The highest BCUT2D eigenvalue weighted by molar-refractivity contribution is 5.13. The summed E-state index contributed by atoms with van der Waals surface area (Å²) < 4.78 is 10.7. The Bertz CT molecular complexity index is 464. The van der Waals surface area contributed by atoms with Crippen LogP contribution in [0, 0.1) is 5.92 Å². The maximum atomic E-state index is 9.23. The SMILES string of the molecule is OCCc1cc(CC2(NC3CCC(CO)CC3)COC2)no1. The van der Waals surface area contributed by atoms with Crippen LogP contribution in [-0.2, 0) is 17.6 Å². The molecule has 0 amide bonds. The number of nitrogens with zero attached hydrogens (tertiary/aromatic N) is 1. The molecular formula is C16H26N2O4. The van der Waals surface area contributed by atoms with Crippen LogP contribution < -0.4 is 5.32 Å². The van der Waals surface area contributed by atoms with Crippen LogP contribution in [0.3, 0.4) is 0 Å². The number of ether oxygens (including phenoxy) is 1. The van der Waals surface area contributed by atoms with Gasteiger partial charge in [-0.25, -0.2) is 0 Å². The minimum Gasteiger partial charge on any atom is -0.396 e. The molecule has 1 aliphatic heterocycles. The molecule has 6 heteroatoms. The van der Waals surface area contributed by atoms with Crippen molar-refractivity contribution >= 4 is 0 Å². The highest BCUT2D eigenvalue weighted by atomic mass is 16.5. The number of aliphatic hydroxyl groups is 2. The Morgan fingerprint density at radius 2 is 2.00 bits per heavy atom. The molecule has 0 bridgehead atoms. The average Bonchev–Trinajstić information content (AvgIpc) is 2.93. The van der Waals surface area contributed by atoms with Crippen molar-refractivity contribution in [1.29, 1.82) is 0 Å². The second-order valence-electron chi connectivity index (χ2n) is 6.75. The molecule has 0 radical (unpaired) electrons. The molecule has 1 saturated heterocycles. The van der Waals surface area contributed by atoms with Crippen molar-refractivity contribution in [1.82, 2.24) is 10.5 Å². The fourth-order valence-corrected chi connectivity index (χ4v) is 3.52. The maximum absolute atomic E-state index is 9.23. The van der Waals surface area contributed by atoms with E-state index in [0.29, 0.717) is 38.2 Å². The normalized spacial score (nSPS) is 27.5. The molecule has 3 rings (SSSR count). The Morgan fingerprint density at radius 1 is 1.23 bits per heavy atom. The summed E-state index contributed by atoms with van der Waals surface area (Å²) in [5.41, 5.74) is 0.882. The number of rotatable bonds is 7. The summed E-state index contributed by atoms with van der Waals surface area (Å²) in [4.78, 5) is 0. The number of hydrogen-bond donors (Lipinski definition) is 3. The summed E-state index contributed by atoms with van der Waals surface area (Å²) in [7, 11) is 0. The van der Waals surface area contributed by atoms with Crippen molar-refractivity contribution < 1.29 is 19.5 Å². The zero-order chi connectivity index (χ0) is 15.4. The molecule has 2 aliphatic rings. The van der Waals surface area contributed by atoms with Gasteiger partial charge in [0.15, 0.2) is 0 Å². The molecule has 1 aliphatic carbocycles. The number of aliphatic hydroxyl groups excluding tert-OH is 2. The summed E-state index contributed by atoms with van der Waals surface area (Å²) in [6.45, 7) is 1.80. The molecule has 0 unspecified atom stereocenters. The maximum Gasteiger partial charge on any atom is 0.139 e. The molecule has 0 spiro atoms. The molecule has 3 N–H and O–H groups in total. The van der Waals surface area contributed by atoms with Crippen molar-refractivity contribution in [2.24, 2.45) is 5.92 Å². The first kappa shape index (κ1) is 15.9. The topological polar surface area (TPSA) is 87.8 Å². The molecule has 0 aromatic carbocycles. The molecule has 1 aromatic heterocycles. The lowest BCUT2D eigenvalue weighted by Gasteiger charge is -2.45. The zero-order valence-electron chi connectivity index (χ0n) is 13.0. The average molecular weight is 310 g/mol. The van der Waals surface area contributed by atoms with Gasteiger partial charge in [0.25, 0.3) is 0 Å². The van der Waals surface area contributed by atoms with Crippen molar-refractivity contribution in [3.05, 3.63) is 17.5 Å². The highest BCUT2D eigenvalue weighted by Crippen LogP contribution is 2.29. The summed E-state index contributed by atoms with van der Waals surface area (Å²) in [5.74, 6) is 1.21. The van der Waals surface area contributed by atoms with Gasteiger partial charge < -0.3 is 24.8 Å². The minimum absolute atomic E-state index is 0.0376. The fraction of sp³-hybridized carbons (Fsp3) is 0.812. The van der Waals surface area contributed by atoms with E-state index in [-0.39, 0.29) is 12.1 Å². The van der Waals surface area contributed by atoms with Gasteiger partial charge in [0.2, 0.25) is 0 Å². The van der Waals surface area contributed by atoms with Gasteiger partial charge in [0.05, 0.1) is 31.1 Å². The van der Waals surface area contributed by atoms with Crippen LogP contribution in [0.25, 0.3) is 0 Å². The van der Waals surface area contributed by atoms with Crippen LogP contribution in [0.4, 0.5) is 0 Å². The molecule has 124 valence electrons. The van der Waals surface area contributed by atoms with Gasteiger partial charge in [-0.1, -0.05) is 5.16 Å². The largest absolute Gasteiger partial charge is 0.396 e. The minimum atomic E-state index is -0.0376. The Labute approximate surface area is 130 Å². The van der Waals surface area contributed by atoms with Crippen molar-refractivity contribution in [2.75, 3.05) is 26.4 Å². The lowest BCUT2D eigenvalue weighted by molar-refractivity contribution is -0.0823. The van der Waals surface area contributed by atoms with Crippen molar-refractivity contribution in [3.8, 4) is 0 Å². The number of hydrogen-bond acceptors (Lipinski definition) is 6. The number of nitrogens with one attached hydrogen (secondary N) is 1. The van der Waals surface area contributed by atoms with Gasteiger partial charge >= 0.3 is 0 Å². The monoisotopic (exact) mass is 310 g/mol. The molecule has 2 heterocycles. The Hall–Kier alpha value is -0.950. The first-order valence-corrected chi connectivity index (χ1v) is 8.25. The molecule has 6 nitrogen and oxygen atoms in total. The van der Waals surface area contributed by atoms with Crippen LogP contribution in [0.15, 0.2) is 10.6 Å². The smallest absolute Gasteiger partial charge is 0.139 e. The van der Waals surface area contributed by atoms with E-state index in [9.17, 15) is 5.11 Å². The van der Waals surface area contributed by atoms with Gasteiger partial charge in [-0.05, 0) is 31.6 Å². The van der Waals surface area contributed by atoms with Crippen molar-refractivity contribution in [3.63, 3.8) is 0 Å². The van der Waals surface area contributed by atoms with E-state index in [2.05, 4.69) is 10.5 Å². The van der Waals surface area contributed by atoms with Crippen LogP contribution in [-0.4, -0.2) is 53.4 Å². The van der Waals surface area contributed by atoms with E-state index in [1.54, 1.807) is 0 Å². The van der Waals surface area contributed by atoms with E-state index in [4.69, 9.17) is 14.4 Å². The predicted molar refractivity (Wildman–Crippen MR) is 80.5 cm³/mol. The van der Waals surface area contributed by atoms with Gasteiger partial charge in [-0.3, -0.25) is 0 Å². The third-order valence-electron chi connectivity index (χ3n) is 4.86. The van der Waals surface area contributed by atoms with Crippen LogP contribution >= 0.6 is 0 Å². The Balaban J connectivity index is 1.55. The van der Waals surface area contributed by atoms with Crippen LogP contribution in [0.2, 0.25) is 0 Å². The standard InChI is InChI=1S/C16H26N2O4/c19-6-5-15-7-14(18-22-15)8-16(10-21-11-16)17-13-3-1-12(9-20)2-4-13/h7,12-13,17,19-20H,1-6,8-11H2. The third kappa shape index (κ3) is 3.68. The summed E-state index contributed by atoms with van der Waals surface area (Å²) in [5, 5.41) is 26.0. The zero-order valence-corrected chi connectivity index (χ0v) is 13.0. The van der Waals surface area contributed by atoms with Gasteiger partial charge in [0.1, 0.15) is 5.76 Å². The van der Waals surface area contributed by atoms with E-state index in [1.165, 1.54) is 0 Å². The molecule has 1 saturated carbocycles. The van der Waals surface area contributed by atoms with Crippen LogP contribution in [0.5, 0.6) is 0 Å². The first-order valence-electron chi connectivity index (χ1n) is 8.25. The van der Waals surface area contributed by atoms with Gasteiger partial charge in [-0.2, -0.15) is 0 Å². The molecule has 22 heavy (non-hydrogen) atoms. The number of aromatic nitrogens is 1. The van der Waals surface area contributed by atoms with E-state index >= 15 is 0 Å². The second-order valence-corrected chi connectivity index (χ2v) is 6.75. The predicted octanol–water partition coefficient (Wildman–Crippen LogP) is 0.662. The molecule has 2 fully saturated rings. The Kier molecular flexibility index (Phi) is 5.13. The summed E-state index contributed by atoms with van der Waals surface area (Å²) in [6, 6.07) is 2.43. The lowest BCUT2D eigenvalue weighted by Crippen LogP contribution is -2.64. The summed E-state index contributed by atoms with van der Waals surface area (Å²) >= 11 is 0. The fourth-order valence-electron chi connectivity index (χ4n) is 3.52. The van der Waals surface area contributed by atoms with E-state index in [0.717, 1.165) is 43.6 Å². The quantitative estimate of drug-likeness (QED) is 0.686. The molecule has 1 aromatic rings. The van der Waals surface area contributed by atoms with Crippen LogP contribution in [0.1, 0.15) is 37.1 Å². The first-order chi connectivity index (χ1) is 10.7. The summed E-state index contributed by atoms with van der Waals surface area (Å²) in [6.07, 6.45) is 5.71. The van der Waals surface area contributed by atoms with Gasteiger partial charge in [-0.15, -0.1) is 0 Å². The van der Waals surface area contributed by atoms with E-state index < -0.39 is 0 Å². The molecular weight excluding hydrogens is 284 g/mol. The molecule has 0 atom stereocenters. The third-order valence-corrected chi connectivity index (χ3v) is 4.86.